The monoisotopic (exact) mass is 382 g/mol. The van der Waals surface area contributed by atoms with Gasteiger partial charge >= 0.3 is 0 Å². The second kappa shape index (κ2) is 5.75. The molecular weight excluding hydrogens is 358 g/mol. The summed E-state index contributed by atoms with van der Waals surface area (Å²) in [6.07, 6.45) is 5.37. The number of hydrogen-bond acceptors (Lipinski definition) is 2. The fourth-order valence-corrected chi connectivity index (χ4v) is 4.78. The van der Waals surface area contributed by atoms with Gasteiger partial charge in [0.25, 0.3) is 0 Å². The summed E-state index contributed by atoms with van der Waals surface area (Å²) in [5, 5.41) is 4.83. The highest BCUT2D eigenvalue weighted by atomic mass is 19.1. The molecule has 0 amide bonds. The summed E-state index contributed by atoms with van der Waals surface area (Å²) in [6.45, 7) is 6.41. The molecule has 4 nitrogen and oxygen atoms in total. The van der Waals surface area contributed by atoms with Crippen LogP contribution in [0.4, 0.5) is 8.78 Å². The van der Waals surface area contributed by atoms with E-state index in [0.29, 0.717) is 17.5 Å². The fourth-order valence-electron chi connectivity index (χ4n) is 4.78. The van der Waals surface area contributed by atoms with Gasteiger partial charge in [-0.15, -0.1) is 0 Å². The van der Waals surface area contributed by atoms with E-state index < -0.39 is 11.6 Å². The van der Waals surface area contributed by atoms with Crippen molar-refractivity contribution in [2.24, 2.45) is 7.05 Å². The highest BCUT2D eigenvalue weighted by Gasteiger charge is 2.44. The molecule has 146 valence electrons. The van der Waals surface area contributed by atoms with Gasteiger partial charge in [-0.1, -0.05) is 20.8 Å². The highest BCUT2D eigenvalue weighted by molar-refractivity contribution is 5.63. The van der Waals surface area contributed by atoms with E-state index in [1.165, 1.54) is 17.7 Å². The minimum absolute atomic E-state index is 0.0657. The third kappa shape index (κ3) is 2.46. The summed E-state index contributed by atoms with van der Waals surface area (Å²) in [6, 6.07) is 3.69. The first-order valence-corrected chi connectivity index (χ1v) is 9.86. The number of nitrogens with zero attached hydrogens (tertiary/aromatic N) is 4. The number of rotatable bonds is 2. The van der Waals surface area contributed by atoms with Crippen molar-refractivity contribution < 1.29 is 8.78 Å². The minimum atomic E-state index is -0.588. The topological polar surface area (TPSA) is 35.6 Å². The molecule has 1 fully saturated rings. The third-order valence-corrected chi connectivity index (χ3v) is 6.18. The van der Waals surface area contributed by atoms with Crippen LogP contribution in [0.25, 0.3) is 17.2 Å². The lowest BCUT2D eigenvalue weighted by Crippen LogP contribution is -2.11. The molecule has 0 radical (unpaired) electrons. The van der Waals surface area contributed by atoms with Crippen LogP contribution >= 0.6 is 0 Å². The van der Waals surface area contributed by atoms with Crippen molar-refractivity contribution in [2.45, 2.75) is 57.3 Å². The number of aryl methyl sites for hydroxylation is 1. The summed E-state index contributed by atoms with van der Waals surface area (Å²) in [5.41, 5.74) is 4.37. The van der Waals surface area contributed by atoms with Gasteiger partial charge in [-0.3, -0.25) is 0 Å². The molecule has 0 N–H and O–H groups in total. The van der Waals surface area contributed by atoms with Crippen LogP contribution in [0.15, 0.2) is 24.4 Å². The molecule has 0 spiro atoms. The average Bonchev–Trinajstić information content (AvgIpc) is 3.34. The molecule has 0 aliphatic heterocycles. The normalized spacial score (nSPS) is 20.8. The first-order valence-electron chi connectivity index (χ1n) is 9.86. The van der Waals surface area contributed by atoms with Crippen LogP contribution in [-0.4, -0.2) is 19.3 Å². The smallest absolute Gasteiger partial charge is 0.160 e. The van der Waals surface area contributed by atoms with E-state index in [4.69, 9.17) is 10.1 Å². The van der Waals surface area contributed by atoms with Crippen molar-refractivity contribution in [3.05, 3.63) is 53.0 Å². The first-order chi connectivity index (χ1) is 13.2. The van der Waals surface area contributed by atoms with Crippen LogP contribution in [0.1, 0.15) is 68.8 Å². The Morgan fingerprint density at radius 2 is 1.86 bits per heavy atom. The van der Waals surface area contributed by atoms with Gasteiger partial charge in [-0.2, -0.15) is 5.10 Å². The minimum Gasteiger partial charge on any atom is -0.332 e. The van der Waals surface area contributed by atoms with E-state index in [1.54, 1.807) is 4.68 Å². The Bertz CT molecular complexity index is 1090. The molecule has 1 aromatic carbocycles. The average molecular weight is 382 g/mol. The molecule has 5 rings (SSSR count). The summed E-state index contributed by atoms with van der Waals surface area (Å²) >= 11 is 0. The molecule has 2 aromatic heterocycles. The lowest BCUT2D eigenvalue weighted by molar-refractivity contribution is 0.566. The Morgan fingerprint density at radius 3 is 2.54 bits per heavy atom. The number of imidazole rings is 1. The molecule has 28 heavy (non-hydrogen) atoms. The molecule has 2 unspecified atom stereocenters. The van der Waals surface area contributed by atoms with Crippen molar-refractivity contribution in [1.29, 1.82) is 0 Å². The van der Waals surface area contributed by atoms with Crippen LogP contribution in [0, 0.1) is 11.6 Å². The summed E-state index contributed by atoms with van der Waals surface area (Å²) in [4.78, 5) is 4.89. The van der Waals surface area contributed by atoms with Gasteiger partial charge in [-0.05, 0) is 37.3 Å². The lowest BCUT2D eigenvalue weighted by Gasteiger charge is -2.14. The quantitative estimate of drug-likeness (QED) is 0.610. The SMILES string of the molecule is Cn1cc(C(C)(C)C)nc1-c1nn(-c2ccc(F)cc2F)c2c1C1CCC2C1. The Kier molecular flexibility index (Phi) is 3.61. The molecule has 2 bridgehead atoms. The van der Waals surface area contributed by atoms with Gasteiger partial charge in [0, 0.05) is 36.2 Å². The zero-order chi connectivity index (χ0) is 19.8. The summed E-state index contributed by atoms with van der Waals surface area (Å²) < 4.78 is 31.7. The van der Waals surface area contributed by atoms with Gasteiger partial charge in [0.2, 0.25) is 0 Å². The Hall–Kier alpha value is -2.50. The van der Waals surface area contributed by atoms with Crippen molar-refractivity contribution in [3.63, 3.8) is 0 Å². The molecule has 0 saturated heterocycles. The zero-order valence-corrected chi connectivity index (χ0v) is 16.6. The van der Waals surface area contributed by atoms with E-state index in [1.807, 2.05) is 17.8 Å². The Morgan fingerprint density at radius 1 is 1.11 bits per heavy atom. The second-order valence-corrected chi connectivity index (χ2v) is 9.17. The van der Waals surface area contributed by atoms with Gasteiger partial charge in [0.15, 0.2) is 11.6 Å². The number of halogens is 2. The number of fused-ring (bicyclic) bond motifs is 5. The second-order valence-electron chi connectivity index (χ2n) is 9.17. The third-order valence-electron chi connectivity index (χ3n) is 6.18. The predicted molar refractivity (Wildman–Crippen MR) is 104 cm³/mol. The first kappa shape index (κ1) is 17.6. The predicted octanol–water partition coefficient (Wildman–Crippen LogP) is 5.21. The van der Waals surface area contributed by atoms with Gasteiger partial charge in [0.1, 0.15) is 17.2 Å². The maximum atomic E-state index is 14.6. The van der Waals surface area contributed by atoms with Gasteiger partial charge in [0.05, 0.1) is 11.4 Å². The lowest BCUT2D eigenvalue weighted by atomic mass is 9.93. The largest absolute Gasteiger partial charge is 0.332 e. The molecule has 2 aliphatic rings. The van der Waals surface area contributed by atoms with Gasteiger partial charge in [-0.25, -0.2) is 18.4 Å². The van der Waals surface area contributed by atoms with Crippen LogP contribution in [0.5, 0.6) is 0 Å². The maximum absolute atomic E-state index is 14.6. The number of hydrogen-bond donors (Lipinski definition) is 0. The molecule has 2 atom stereocenters. The van der Waals surface area contributed by atoms with E-state index in [9.17, 15) is 8.78 Å². The molecular formula is C22H24F2N4. The number of benzene rings is 1. The summed E-state index contributed by atoms with van der Waals surface area (Å²) in [7, 11) is 1.98. The molecule has 2 aliphatic carbocycles. The molecule has 2 heterocycles. The summed E-state index contributed by atoms with van der Waals surface area (Å²) in [5.74, 6) is 0.477. The van der Waals surface area contributed by atoms with Crippen molar-refractivity contribution in [3.8, 4) is 17.2 Å². The van der Waals surface area contributed by atoms with Crippen molar-refractivity contribution in [1.82, 2.24) is 19.3 Å². The molecule has 6 heteroatoms. The zero-order valence-electron chi connectivity index (χ0n) is 16.6. The van der Waals surface area contributed by atoms with E-state index in [-0.39, 0.29) is 5.41 Å². The van der Waals surface area contributed by atoms with Crippen molar-refractivity contribution >= 4 is 0 Å². The van der Waals surface area contributed by atoms with Gasteiger partial charge < -0.3 is 4.57 Å². The highest BCUT2D eigenvalue weighted by Crippen LogP contribution is 2.56. The van der Waals surface area contributed by atoms with E-state index in [2.05, 4.69) is 20.8 Å². The van der Waals surface area contributed by atoms with E-state index in [0.717, 1.165) is 48.2 Å². The fraction of sp³-hybridized carbons (Fsp3) is 0.455. The standard InChI is InChI=1S/C22H24F2N4/c1-22(2,3)17-11-27(4)21(25-17)19-18-12-5-6-13(9-12)20(18)28(26-19)16-8-7-14(23)10-15(16)24/h7-8,10-13H,5-6,9H2,1-4H3. The maximum Gasteiger partial charge on any atom is 0.160 e. The number of aromatic nitrogens is 4. The Labute approximate surface area is 163 Å². The van der Waals surface area contributed by atoms with E-state index >= 15 is 0 Å². The molecule has 1 saturated carbocycles. The van der Waals surface area contributed by atoms with Crippen LogP contribution in [0.3, 0.4) is 0 Å². The van der Waals surface area contributed by atoms with Crippen LogP contribution in [-0.2, 0) is 12.5 Å². The molecule has 3 aromatic rings. The van der Waals surface area contributed by atoms with Crippen LogP contribution < -0.4 is 0 Å². The Balaban J connectivity index is 1.73. The van der Waals surface area contributed by atoms with Crippen LogP contribution in [0.2, 0.25) is 0 Å². The van der Waals surface area contributed by atoms with Crippen molar-refractivity contribution in [2.75, 3.05) is 0 Å².